The van der Waals surface area contributed by atoms with E-state index in [9.17, 15) is 4.79 Å². The van der Waals surface area contributed by atoms with Gasteiger partial charge in [-0.25, -0.2) is 4.98 Å². The molecule has 2 aromatic rings. The van der Waals surface area contributed by atoms with Crippen LogP contribution in [0, 0.1) is 5.92 Å². The highest BCUT2D eigenvalue weighted by Crippen LogP contribution is 2.30. The molecule has 0 saturated carbocycles. The summed E-state index contributed by atoms with van der Waals surface area (Å²) in [6.07, 6.45) is 2.71. The number of rotatable bonds is 3. The van der Waals surface area contributed by atoms with Crippen LogP contribution in [0.2, 0.25) is 5.02 Å². The number of aromatic nitrogens is 1. The fourth-order valence-corrected chi connectivity index (χ4v) is 3.97. The average Bonchev–Trinajstić information content (AvgIpc) is 2.96. The Morgan fingerprint density at radius 2 is 2.27 bits per heavy atom. The molecule has 0 N–H and O–H groups in total. The number of hydrogen-bond acceptors (Lipinski definition) is 3. The van der Waals surface area contributed by atoms with Crippen LogP contribution in [0.25, 0.3) is 10.6 Å². The van der Waals surface area contributed by atoms with Gasteiger partial charge in [0.1, 0.15) is 5.01 Å². The van der Waals surface area contributed by atoms with Gasteiger partial charge in [0.2, 0.25) is 5.91 Å². The highest BCUT2D eigenvalue weighted by atomic mass is 35.5. The number of thiazole rings is 1. The van der Waals surface area contributed by atoms with Gasteiger partial charge in [-0.05, 0) is 24.8 Å². The molecule has 1 aromatic heterocycles. The summed E-state index contributed by atoms with van der Waals surface area (Å²) in [5, 5.41) is 3.53. The highest BCUT2D eigenvalue weighted by Gasteiger charge is 2.21. The molecule has 1 unspecified atom stereocenters. The molecule has 0 bridgehead atoms. The Morgan fingerprint density at radius 3 is 3.05 bits per heavy atom. The maximum absolute atomic E-state index is 12.4. The predicted octanol–water partition coefficient (Wildman–Crippen LogP) is 4.26. The molecule has 2 heterocycles. The fourth-order valence-electron chi connectivity index (χ4n) is 2.83. The van der Waals surface area contributed by atoms with Crippen LogP contribution in [-0.2, 0) is 11.2 Å². The minimum Gasteiger partial charge on any atom is -0.342 e. The topological polar surface area (TPSA) is 33.2 Å². The van der Waals surface area contributed by atoms with E-state index in [2.05, 4.69) is 11.9 Å². The molecule has 0 aliphatic carbocycles. The van der Waals surface area contributed by atoms with E-state index in [1.165, 1.54) is 17.8 Å². The van der Waals surface area contributed by atoms with Crippen molar-refractivity contribution in [3.8, 4) is 10.6 Å². The Kier molecular flexibility index (Phi) is 4.79. The van der Waals surface area contributed by atoms with E-state index < -0.39 is 0 Å². The first kappa shape index (κ1) is 15.5. The molecule has 1 amide bonds. The third kappa shape index (κ3) is 3.50. The van der Waals surface area contributed by atoms with Crippen LogP contribution >= 0.6 is 22.9 Å². The number of amides is 1. The molecular formula is C17H19ClN2OS. The first-order valence-corrected chi connectivity index (χ1v) is 8.86. The molecule has 1 saturated heterocycles. The van der Waals surface area contributed by atoms with Gasteiger partial charge < -0.3 is 4.90 Å². The minimum absolute atomic E-state index is 0.183. The predicted molar refractivity (Wildman–Crippen MR) is 91.2 cm³/mol. The zero-order valence-corrected chi connectivity index (χ0v) is 14.2. The fraction of sp³-hybridized carbons (Fsp3) is 0.412. The Morgan fingerprint density at radius 1 is 1.45 bits per heavy atom. The Hall–Kier alpha value is -1.39. The molecular weight excluding hydrogens is 316 g/mol. The van der Waals surface area contributed by atoms with Crippen LogP contribution in [0.3, 0.4) is 0 Å². The lowest BCUT2D eigenvalue weighted by atomic mass is 10.00. The molecule has 1 fully saturated rings. The van der Waals surface area contributed by atoms with Gasteiger partial charge in [-0.1, -0.05) is 36.7 Å². The van der Waals surface area contributed by atoms with Gasteiger partial charge in [0, 0.05) is 24.0 Å². The zero-order chi connectivity index (χ0) is 15.5. The number of benzene rings is 1. The second kappa shape index (κ2) is 6.80. The molecule has 1 aliphatic heterocycles. The summed E-state index contributed by atoms with van der Waals surface area (Å²) in [6, 6.07) is 7.67. The van der Waals surface area contributed by atoms with Crippen LogP contribution < -0.4 is 0 Å². The van der Waals surface area contributed by atoms with Gasteiger partial charge in [-0.2, -0.15) is 0 Å². The van der Waals surface area contributed by atoms with E-state index in [4.69, 9.17) is 11.6 Å². The molecule has 0 spiro atoms. The zero-order valence-electron chi connectivity index (χ0n) is 12.6. The number of carbonyl (C=O) groups excluding carboxylic acids is 1. The molecule has 3 nitrogen and oxygen atoms in total. The van der Waals surface area contributed by atoms with E-state index in [0.29, 0.717) is 17.4 Å². The van der Waals surface area contributed by atoms with Crippen molar-refractivity contribution in [2.24, 2.45) is 5.92 Å². The van der Waals surface area contributed by atoms with Crippen LogP contribution in [0.1, 0.15) is 25.5 Å². The van der Waals surface area contributed by atoms with Crippen LogP contribution in [0.5, 0.6) is 0 Å². The van der Waals surface area contributed by atoms with Crippen molar-refractivity contribution in [2.45, 2.75) is 26.2 Å². The summed E-state index contributed by atoms with van der Waals surface area (Å²) in [4.78, 5) is 18.9. The normalized spacial score (nSPS) is 18.5. The van der Waals surface area contributed by atoms with Crippen LogP contribution in [0.15, 0.2) is 29.6 Å². The second-order valence-electron chi connectivity index (χ2n) is 5.89. The van der Waals surface area contributed by atoms with Crippen molar-refractivity contribution in [1.82, 2.24) is 9.88 Å². The maximum Gasteiger partial charge on any atom is 0.228 e. The summed E-state index contributed by atoms with van der Waals surface area (Å²) in [5.41, 5.74) is 1.77. The summed E-state index contributed by atoms with van der Waals surface area (Å²) in [7, 11) is 0. The summed E-state index contributed by atoms with van der Waals surface area (Å²) < 4.78 is 0. The minimum atomic E-state index is 0.183. The lowest BCUT2D eigenvalue weighted by Crippen LogP contribution is -2.39. The molecule has 116 valence electrons. The highest BCUT2D eigenvalue weighted by molar-refractivity contribution is 7.13. The molecule has 1 aliphatic rings. The SMILES string of the molecule is CC1CCCN(C(=O)Cc2csc(-c3ccccc3Cl)n2)C1. The standard InChI is InChI=1S/C17H19ClN2OS/c1-12-5-4-8-20(10-12)16(21)9-13-11-22-17(19-13)14-6-2-3-7-15(14)18/h2-3,6-7,11-12H,4-5,8-10H2,1H3. The summed E-state index contributed by atoms with van der Waals surface area (Å²) in [5.74, 6) is 0.786. The van der Waals surface area contributed by atoms with Crippen molar-refractivity contribution in [3.63, 3.8) is 0 Å². The largest absolute Gasteiger partial charge is 0.342 e. The van der Waals surface area contributed by atoms with E-state index in [1.54, 1.807) is 0 Å². The Bertz CT molecular complexity index is 670. The number of likely N-dealkylation sites (tertiary alicyclic amines) is 1. The van der Waals surface area contributed by atoms with Gasteiger partial charge in [0.05, 0.1) is 17.1 Å². The van der Waals surface area contributed by atoms with E-state index in [1.807, 2.05) is 34.5 Å². The summed E-state index contributed by atoms with van der Waals surface area (Å²) in [6.45, 7) is 3.96. The molecule has 3 rings (SSSR count). The lowest BCUT2D eigenvalue weighted by molar-refractivity contribution is -0.132. The quantitative estimate of drug-likeness (QED) is 0.840. The van der Waals surface area contributed by atoms with Gasteiger partial charge in [0.15, 0.2) is 0 Å². The van der Waals surface area contributed by atoms with Gasteiger partial charge in [-0.3, -0.25) is 4.79 Å². The lowest BCUT2D eigenvalue weighted by Gasteiger charge is -2.30. The molecule has 5 heteroatoms. The first-order chi connectivity index (χ1) is 10.6. The third-order valence-electron chi connectivity index (χ3n) is 4.00. The van der Waals surface area contributed by atoms with Crippen LogP contribution in [0.4, 0.5) is 0 Å². The number of carbonyl (C=O) groups is 1. The number of hydrogen-bond donors (Lipinski definition) is 0. The second-order valence-corrected chi connectivity index (χ2v) is 7.15. The van der Waals surface area contributed by atoms with E-state index in [0.717, 1.165) is 35.8 Å². The molecule has 1 atom stereocenters. The Labute approximate surface area is 139 Å². The first-order valence-electron chi connectivity index (χ1n) is 7.60. The summed E-state index contributed by atoms with van der Waals surface area (Å²) >= 11 is 7.74. The molecule has 1 aromatic carbocycles. The average molecular weight is 335 g/mol. The van der Waals surface area contributed by atoms with Gasteiger partial charge in [-0.15, -0.1) is 11.3 Å². The van der Waals surface area contributed by atoms with Crippen molar-refractivity contribution in [2.75, 3.05) is 13.1 Å². The molecule has 0 radical (unpaired) electrons. The van der Waals surface area contributed by atoms with Crippen molar-refractivity contribution < 1.29 is 4.79 Å². The van der Waals surface area contributed by atoms with E-state index >= 15 is 0 Å². The number of piperidine rings is 1. The van der Waals surface area contributed by atoms with Gasteiger partial charge in [0.25, 0.3) is 0 Å². The van der Waals surface area contributed by atoms with Crippen molar-refractivity contribution in [3.05, 3.63) is 40.4 Å². The van der Waals surface area contributed by atoms with Crippen LogP contribution in [-0.4, -0.2) is 28.9 Å². The van der Waals surface area contributed by atoms with Crippen molar-refractivity contribution in [1.29, 1.82) is 0 Å². The molecule has 22 heavy (non-hydrogen) atoms. The third-order valence-corrected chi connectivity index (χ3v) is 5.25. The van der Waals surface area contributed by atoms with E-state index in [-0.39, 0.29) is 5.91 Å². The van der Waals surface area contributed by atoms with Crippen molar-refractivity contribution >= 4 is 28.8 Å². The number of nitrogens with zero attached hydrogens (tertiary/aromatic N) is 2. The smallest absolute Gasteiger partial charge is 0.228 e. The monoisotopic (exact) mass is 334 g/mol. The Balaban J connectivity index is 1.69. The number of halogens is 1. The maximum atomic E-state index is 12.4. The van der Waals surface area contributed by atoms with Gasteiger partial charge >= 0.3 is 0 Å².